The van der Waals surface area contributed by atoms with E-state index in [0.717, 1.165) is 42.8 Å². The molecule has 176 valence electrons. The van der Waals surface area contributed by atoms with Crippen molar-refractivity contribution in [1.29, 1.82) is 0 Å². The number of methoxy groups -OCH3 is 3. The summed E-state index contributed by atoms with van der Waals surface area (Å²) < 4.78 is 16.0. The molecule has 0 radical (unpaired) electrons. The summed E-state index contributed by atoms with van der Waals surface area (Å²) in [5.74, 6) is 2.07. The Morgan fingerprint density at radius 1 is 0.970 bits per heavy atom. The number of benzene rings is 2. The van der Waals surface area contributed by atoms with Crippen LogP contribution < -0.4 is 19.5 Å². The molecule has 33 heavy (non-hydrogen) atoms. The molecular weight excluding hydrogens is 422 g/mol. The molecule has 1 saturated heterocycles. The molecule has 8 nitrogen and oxygen atoms in total. The maximum Gasteiger partial charge on any atom is 0.241 e. The fourth-order valence-electron chi connectivity index (χ4n) is 4.58. The molecule has 1 fully saturated rings. The van der Waals surface area contributed by atoms with Crippen LogP contribution in [0.3, 0.4) is 0 Å². The molecule has 0 spiro atoms. The van der Waals surface area contributed by atoms with E-state index in [9.17, 15) is 9.59 Å². The fourth-order valence-corrected chi connectivity index (χ4v) is 4.58. The number of nitrogens with zero attached hydrogens (tertiary/aromatic N) is 2. The third kappa shape index (κ3) is 5.06. The second kappa shape index (κ2) is 10.1. The molecule has 0 saturated carbocycles. The molecule has 1 N–H and O–H groups in total. The highest BCUT2D eigenvalue weighted by atomic mass is 16.5. The van der Waals surface area contributed by atoms with Gasteiger partial charge in [-0.15, -0.1) is 0 Å². The number of nitrogens with one attached hydrogen (secondary N) is 1. The summed E-state index contributed by atoms with van der Waals surface area (Å²) in [7, 11) is 4.84. The van der Waals surface area contributed by atoms with E-state index in [1.165, 1.54) is 5.56 Å². The summed E-state index contributed by atoms with van der Waals surface area (Å²) in [5.41, 5.74) is 2.97. The van der Waals surface area contributed by atoms with E-state index in [1.807, 2.05) is 46.2 Å². The molecule has 1 atom stereocenters. The highest BCUT2D eigenvalue weighted by Gasteiger charge is 2.33. The molecule has 2 amide bonds. The standard InChI is InChI=1S/C25H31N3O5/c1-31-20-8-6-19(7-9-20)26-25(30)21-5-4-11-27(21)16-24(29)28-12-10-17-13-22(32-2)23(33-3)14-18(17)15-28/h6-9,13-14,21H,4-5,10-12,15-16H2,1-3H3,(H,26,30). The molecule has 0 aromatic heterocycles. The van der Waals surface area contributed by atoms with Gasteiger partial charge in [-0.2, -0.15) is 0 Å². The highest BCUT2D eigenvalue weighted by molar-refractivity contribution is 5.95. The van der Waals surface area contributed by atoms with Gasteiger partial charge in [-0.3, -0.25) is 14.5 Å². The molecule has 1 unspecified atom stereocenters. The van der Waals surface area contributed by atoms with Crippen LogP contribution in [0.4, 0.5) is 5.69 Å². The summed E-state index contributed by atoms with van der Waals surface area (Å²) >= 11 is 0. The first-order valence-electron chi connectivity index (χ1n) is 11.2. The Morgan fingerprint density at radius 3 is 2.33 bits per heavy atom. The smallest absolute Gasteiger partial charge is 0.241 e. The third-order valence-corrected chi connectivity index (χ3v) is 6.43. The maximum absolute atomic E-state index is 13.1. The van der Waals surface area contributed by atoms with Crippen molar-refractivity contribution in [3.8, 4) is 17.2 Å². The van der Waals surface area contributed by atoms with Gasteiger partial charge in [-0.1, -0.05) is 0 Å². The molecule has 8 heteroatoms. The molecule has 0 aliphatic carbocycles. The SMILES string of the molecule is COc1ccc(NC(=O)C2CCCN2CC(=O)N2CCc3cc(OC)c(OC)cc3C2)cc1. The van der Waals surface area contributed by atoms with Gasteiger partial charge >= 0.3 is 0 Å². The lowest BCUT2D eigenvalue weighted by Gasteiger charge is -2.32. The second-order valence-electron chi connectivity index (χ2n) is 8.39. The van der Waals surface area contributed by atoms with Crippen molar-refractivity contribution in [2.75, 3.05) is 46.3 Å². The van der Waals surface area contributed by atoms with Crippen LogP contribution in [0.15, 0.2) is 36.4 Å². The summed E-state index contributed by atoms with van der Waals surface area (Å²) in [6.45, 7) is 2.16. The summed E-state index contributed by atoms with van der Waals surface area (Å²) in [6.07, 6.45) is 2.41. The normalized spacial score (nSPS) is 17.9. The van der Waals surface area contributed by atoms with Gasteiger partial charge in [-0.25, -0.2) is 0 Å². The molecule has 4 rings (SSSR count). The van der Waals surface area contributed by atoms with Gasteiger partial charge in [-0.05, 0) is 73.3 Å². The molecule has 2 heterocycles. The Kier molecular flexibility index (Phi) is 7.03. The predicted octanol–water partition coefficient (Wildman–Crippen LogP) is 2.70. The average Bonchev–Trinajstić information content (AvgIpc) is 3.31. The van der Waals surface area contributed by atoms with Gasteiger partial charge in [0.2, 0.25) is 11.8 Å². The van der Waals surface area contributed by atoms with Gasteiger partial charge in [0.25, 0.3) is 0 Å². The van der Waals surface area contributed by atoms with Crippen molar-refractivity contribution >= 4 is 17.5 Å². The number of hydrogen-bond donors (Lipinski definition) is 1. The minimum atomic E-state index is -0.308. The lowest BCUT2D eigenvalue weighted by Crippen LogP contribution is -2.47. The Balaban J connectivity index is 1.38. The van der Waals surface area contributed by atoms with Crippen LogP contribution in [0.2, 0.25) is 0 Å². The van der Waals surface area contributed by atoms with E-state index in [-0.39, 0.29) is 24.4 Å². The monoisotopic (exact) mass is 453 g/mol. The second-order valence-corrected chi connectivity index (χ2v) is 8.39. The topological polar surface area (TPSA) is 80.3 Å². The first kappa shape index (κ1) is 22.9. The van der Waals surface area contributed by atoms with Crippen molar-refractivity contribution in [3.63, 3.8) is 0 Å². The van der Waals surface area contributed by atoms with E-state index in [1.54, 1.807) is 21.3 Å². The van der Waals surface area contributed by atoms with E-state index in [2.05, 4.69) is 5.32 Å². The first-order valence-corrected chi connectivity index (χ1v) is 11.2. The van der Waals surface area contributed by atoms with E-state index < -0.39 is 0 Å². The van der Waals surface area contributed by atoms with Crippen LogP contribution in [0.5, 0.6) is 17.2 Å². The minimum Gasteiger partial charge on any atom is -0.497 e. The zero-order valence-corrected chi connectivity index (χ0v) is 19.4. The number of likely N-dealkylation sites (tertiary alicyclic amines) is 1. The number of carbonyl (C=O) groups is 2. The maximum atomic E-state index is 13.1. The highest BCUT2D eigenvalue weighted by Crippen LogP contribution is 2.33. The van der Waals surface area contributed by atoms with Crippen LogP contribution in [0.25, 0.3) is 0 Å². The summed E-state index contributed by atoms with van der Waals surface area (Å²) in [4.78, 5) is 29.9. The average molecular weight is 454 g/mol. The van der Waals surface area contributed by atoms with E-state index in [0.29, 0.717) is 24.6 Å². The summed E-state index contributed by atoms with van der Waals surface area (Å²) in [6, 6.07) is 10.9. The third-order valence-electron chi connectivity index (χ3n) is 6.43. The van der Waals surface area contributed by atoms with Gasteiger partial charge in [0.05, 0.1) is 33.9 Å². The van der Waals surface area contributed by atoms with Gasteiger partial charge in [0.1, 0.15) is 5.75 Å². The van der Waals surface area contributed by atoms with Crippen LogP contribution >= 0.6 is 0 Å². The molecule has 2 aromatic rings. The Bertz CT molecular complexity index is 1010. The lowest BCUT2D eigenvalue weighted by atomic mass is 9.98. The number of fused-ring (bicyclic) bond motifs is 1. The van der Waals surface area contributed by atoms with Crippen LogP contribution in [0.1, 0.15) is 24.0 Å². The fraction of sp³-hybridized carbons (Fsp3) is 0.440. The molecule has 2 aliphatic rings. The van der Waals surface area contributed by atoms with Gasteiger partial charge < -0.3 is 24.4 Å². The number of ether oxygens (including phenoxy) is 3. The number of amides is 2. The van der Waals surface area contributed by atoms with Gasteiger partial charge in [0, 0.05) is 18.8 Å². The minimum absolute atomic E-state index is 0.0413. The van der Waals surface area contributed by atoms with Crippen molar-refractivity contribution in [3.05, 3.63) is 47.5 Å². The lowest BCUT2D eigenvalue weighted by molar-refractivity contribution is -0.134. The number of anilines is 1. The van der Waals surface area contributed by atoms with Crippen molar-refractivity contribution in [2.24, 2.45) is 0 Å². The first-order chi connectivity index (χ1) is 16.0. The predicted molar refractivity (Wildman–Crippen MR) is 125 cm³/mol. The molecule has 2 aromatic carbocycles. The zero-order valence-electron chi connectivity index (χ0n) is 19.4. The molecular formula is C25H31N3O5. The van der Waals surface area contributed by atoms with Crippen LogP contribution in [-0.2, 0) is 22.6 Å². The van der Waals surface area contributed by atoms with Crippen LogP contribution in [0, 0.1) is 0 Å². The number of carbonyl (C=O) groups excluding carboxylic acids is 2. The van der Waals surface area contributed by atoms with E-state index in [4.69, 9.17) is 14.2 Å². The largest absolute Gasteiger partial charge is 0.497 e. The van der Waals surface area contributed by atoms with Crippen LogP contribution in [-0.4, -0.2) is 68.6 Å². The van der Waals surface area contributed by atoms with Crippen molar-refractivity contribution in [2.45, 2.75) is 31.8 Å². The summed E-state index contributed by atoms with van der Waals surface area (Å²) in [5, 5.41) is 2.97. The number of hydrogen-bond acceptors (Lipinski definition) is 6. The number of rotatable bonds is 7. The van der Waals surface area contributed by atoms with Crippen molar-refractivity contribution < 1.29 is 23.8 Å². The Labute approximate surface area is 194 Å². The quantitative estimate of drug-likeness (QED) is 0.695. The van der Waals surface area contributed by atoms with Gasteiger partial charge in [0.15, 0.2) is 11.5 Å². The Morgan fingerprint density at radius 2 is 1.67 bits per heavy atom. The zero-order chi connectivity index (χ0) is 23.4. The Hall–Kier alpha value is -3.26. The van der Waals surface area contributed by atoms with Crippen molar-refractivity contribution in [1.82, 2.24) is 9.80 Å². The molecule has 2 aliphatic heterocycles. The van der Waals surface area contributed by atoms with E-state index >= 15 is 0 Å². The molecule has 0 bridgehead atoms.